The lowest BCUT2D eigenvalue weighted by molar-refractivity contribution is 0.354. The average molecular weight is 312 g/mol. The fourth-order valence-corrected chi connectivity index (χ4v) is 3.27. The highest BCUT2D eigenvalue weighted by molar-refractivity contribution is 7.10. The van der Waals surface area contributed by atoms with Crippen LogP contribution in [-0.2, 0) is 0 Å². The van der Waals surface area contributed by atoms with Crippen LogP contribution < -0.4 is 14.8 Å². The molecule has 0 saturated carbocycles. The highest BCUT2D eigenvalue weighted by Gasteiger charge is 2.19. The van der Waals surface area contributed by atoms with Crippen LogP contribution in [0.4, 0.5) is 0 Å². The van der Waals surface area contributed by atoms with Crippen LogP contribution in [0.2, 0.25) is 5.02 Å². The molecule has 1 N–H and O–H groups in total. The fourth-order valence-electron chi connectivity index (χ4n) is 2.15. The van der Waals surface area contributed by atoms with Gasteiger partial charge in [0.25, 0.3) is 0 Å². The maximum atomic E-state index is 6.29. The molecule has 2 aromatic rings. The lowest BCUT2D eigenvalue weighted by atomic mass is 10.0. The highest BCUT2D eigenvalue weighted by Crippen LogP contribution is 2.39. The van der Waals surface area contributed by atoms with Crippen LogP contribution in [0.25, 0.3) is 0 Å². The van der Waals surface area contributed by atoms with Crippen molar-refractivity contribution in [1.82, 2.24) is 5.32 Å². The maximum Gasteiger partial charge on any atom is 0.179 e. The fraction of sp³-hybridized carbons (Fsp3) is 0.333. The van der Waals surface area contributed by atoms with Gasteiger partial charge in [-0.05, 0) is 35.7 Å². The number of rotatable bonds is 6. The first-order valence-electron chi connectivity index (χ1n) is 6.39. The van der Waals surface area contributed by atoms with Gasteiger partial charge >= 0.3 is 0 Å². The first kappa shape index (κ1) is 15.2. The lowest BCUT2D eigenvalue weighted by Crippen LogP contribution is -2.21. The van der Waals surface area contributed by atoms with Crippen molar-refractivity contribution in [3.8, 4) is 11.5 Å². The predicted molar refractivity (Wildman–Crippen MR) is 84.4 cm³/mol. The third-order valence-electron chi connectivity index (χ3n) is 3.03. The summed E-state index contributed by atoms with van der Waals surface area (Å²) in [5, 5.41) is 6.10. The number of methoxy groups -OCH3 is 2. The number of ether oxygens (including phenoxy) is 2. The molecular formula is C15H18ClNO2S. The summed E-state index contributed by atoms with van der Waals surface area (Å²) in [4.78, 5) is 1.25. The van der Waals surface area contributed by atoms with Crippen molar-refractivity contribution in [1.29, 1.82) is 0 Å². The van der Waals surface area contributed by atoms with E-state index in [1.165, 1.54) is 4.88 Å². The van der Waals surface area contributed by atoms with Crippen molar-refractivity contribution < 1.29 is 9.47 Å². The number of benzene rings is 1. The molecule has 0 amide bonds. The van der Waals surface area contributed by atoms with Crippen LogP contribution in [0, 0.1) is 0 Å². The zero-order chi connectivity index (χ0) is 14.5. The van der Waals surface area contributed by atoms with Crippen LogP contribution in [0.15, 0.2) is 29.6 Å². The highest BCUT2D eigenvalue weighted by atomic mass is 35.5. The molecule has 20 heavy (non-hydrogen) atoms. The molecule has 0 aliphatic heterocycles. The Labute approximate surface area is 128 Å². The number of hydrogen-bond acceptors (Lipinski definition) is 4. The Bertz CT molecular complexity index is 557. The Morgan fingerprint density at radius 1 is 1.30 bits per heavy atom. The largest absolute Gasteiger partial charge is 0.493 e. The molecular weight excluding hydrogens is 294 g/mol. The molecule has 0 aliphatic carbocycles. The van der Waals surface area contributed by atoms with Gasteiger partial charge in [-0.1, -0.05) is 24.6 Å². The maximum absolute atomic E-state index is 6.29. The second kappa shape index (κ2) is 6.97. The summed E-state index contributed by atoms with van der Waals surface area (Å²) < 4.78 is 10.6. The summed E-state index contributed by atoms with van der Waals surface area (Å²) in [5.41, 5.74) is 1.07. The monoisotopic (exact) mass is 311 g/mol. The topological polar surface area (TPSA) is 30.5 Å². The molecule has 3 nitrogen and oxygen atoms in total. The molecule has 2 rings (SSSR count). The Kier molecular flexibility index (Phi) is 5.29. The molecule has 1 aromatic heterocycles. The Hall–Kier alpha value is -1.23. The van der Waals surface area contributed by atoms with Crippen molar-refractivity contribution >= 4 is 22.9 Å². The van der Waals surface area contributed by atoms with E-state index >= 15 is 0 Å². The Balaban J connectivity index is 2.46. The number of thiophene rings is 1. The molecule has 108 valence electrons. The lowest BCUT2D eigenvalue weighted by Gasteiger charge is -2.19. The van der Waals surface area contributed by atoms with E-state index in [1.807, 2.05) is 18.2 Å². The van der Waals surface area contributed by atoms with Gasteiger partial charge in [-0.3, -0.25) is 0 Å². The van der Waals surface area contributed by atoms with Crippen molar-refractivity contribution in [3.63, 3.8) is 0 Å². The molecule has 1 aromatic carbocycles. The molecule has 0 bridgehead atoms. The van der Waals surface area contributed by atoms with Crippen LogP contribution in [-0.4, -0.2) is 20.8 Å². The molecule has 0 aliphatic rings. The van der Waals surface area contributed by atoms with E-state index in [0.717, 1.165) is 12.1 Å². The summed E-state index contributed by atoms with van der Waals surface area (Å²) in [7, 11) is 3.20. The zero-order valence-electron chi connectivity index (χ0n) is 11.8. The van der Waals surface area contributed by atoms with E-state index in [0.29, 0.717) is 16.5 Å². The van der Waals surface area contributed by atoms with Gasteiger partial charge in [0.1, 0.15) is 0 Å². The van der Waals surface area contributed by atoms with E-state index in [2.05, 4.69) is 23.7 Å². The molecule has 0 radical (unpaired) electrons. The van der Waals surface area contributed by atoms with Gasteiger partial charge in [-0.25, -0.2) is 0 Å². The van der Waals surface area contributed by atoms with Crippen molar-refractivity contribution in [2.24, 2.45) is 0 Å². The summed E-state index contributed by atoms with van der Waals surface area (Å²) in [5.74, 6) is 1.22. The molecule has 0 fully saturated rings. The Morgan fingerprint density at radius 2 is 2.10 bits per heavy atom. The van der Waals surface area contributed by atoms with Gasteiger partial charge in [-0.15, -0.1) is 11.3 Å². The quantitative estimate of drug-likeness (QED) is 0.870. The van der Waals surface area contributed by atoms with Gasteiger partial charge in [-0.2, -0.15) is 0 Å². The molecule has 5 heteroatoms. The van der Waals surface area contributed by atoms with Gasteiger partial charge in [0.15, 0.2) is 11.5 Å². The minimum Gasteiger partial charge on any atom is -0.493 e. The van der Waals surface area contributed by atoms with E-state index < -0.39 is 0 Å². The molecule has 1 unspecified atom stereocenters. The smallest absolute Gasteiger partial charge is 0.179 e. The van der Waals surface area contributed by atoms with Gasteiger partial charge in [0, 0.05) is 4.88 Å². The minimum atomic E-state index is 0.109. The van der Waals surface area contributed by atoms with Crippen LogP contribution in [0.1, 0.15) is 23.4 Å². The zero-order valence-corrected chi connectivity index (χ0v) is 13.3. The van der Waals surface area contributed by atoms with Crippen LogP contribution in [0.5, 0.6) is 11.5 Å². The number of hydrogen-bond donors (Lipinski definition) is 1. The second-order valence-corrected chi connectivity index (χ2v) is 5.63. The molecule has 0 spiro atoms. The van der Waals surface area contributed by atoms with E-state index in [1.54, 1.807) is 25.6 Å². The molecule has 0 saturated heterocycles. The summed E-state index contributed by atoms with van der Waals surface area (Å²) >= 11 is 8.01. The second-order valence-electron chi connectivity index (χ2n) is 4.24. The Morgan fingerprint density at radius 3 is 2.65 bits per heavy atom. The van der Waals surface area contributed by atoms with Crippen LogP contribution in [0.3, 0.4) is 0 Å². The predicted octanol–water partition coefficient (Wildman–Crippen LogP) is 4.12. The standard InChI is InChI=1S/C15H18ClNO2S/c1-4-17-14(13-6-5-7-20-13)10-8-11(16)15(19-3)12(9-10)18-2/h5-9,14,17H,4H2,1-3H3. The van der Waals surface area contributed by atoms with Gasteiger partial charge < -0.3 is 14.8 Å². The van der Waals surface area contributed by atoms with Crippen molar-refractivity contribution in [2.45, 2.75) is 13.0 Å². The van der Waals surface area contributed by atoms with Crippen molar-refractivity contribution in [3.05, 3.63) is 45.1 Å². The molecule has 1 heterocycles. The van der Waals surface area contributed by atoms with Crippen LogP contribution >= 0.6 is 22.9 Å². The number of nitrogens with one attached hydrogen (secondary N) is 1. The molecule has 1 atom stereocenters. The van der Waals surface area contributed by atoms with Gasteiger partial charge in [0.2, 0.25) is 0 Å². The average Bonchev–Trinajstić information content (AvgIpc) is 2.97. The van der Waals surface area contributed by atoms with E-state index in [9.17, 15) is 0 Å². The van der Waals surface area contributed by atoms with E-state index in [4.69, 9.17) is 21.1 Å². The van der Waals surface area contributed by atoms with Gasteiger partial charge in [0.05, 0.1) is 25.3 Å². The first-order chi connectivity index (χ1) is 9.71. The number of halogens is 1. The summed E-state index contributed by atoms with van der Waals surface area (Å²) in [6.45, 7) is 2.96. The summed E-state index contributed by atoms with van der Waals surface area (Å²) in [6.07, 6.45) is 0. The SMILES string of the molecule is CCNC(c1cc(Cl)c(OC)c(OC)c1)c1cccs1. The third kappa shape index (κ3) is 3.08. The normalized spacial score (nSPS) is 12.2. The first-order valence-corrected chi connectivity index (χ1v) is 7.65. The van der Waals surface area contributed by atoms with Crippen molar-refractivity contribution in [2.75, 3.05) is 20.8 Å². The summed E-state index contributed by atoms with van der Waals surface area (Å²) in [6, 6.07) is 8.17. The van der Waals surface area contributed by atoms with E-state index in [-0.39, 0.29) is 6.04 Å². The minimum absolute atomic E-state index is 0.109. The third-order valence-corrected chi connectivity index (χ3v) is 4.24.